The second-order valence-electron chi connectivity index (χ2n) is 4.15. The number of sulfonamides is 1. The van der Waals surface area contributed by atoms with Crippen LogP contribution in [0.15, 0.2) is 17.3 Å². The van der Waals surface area contributed by atoms with Crippen LogP contribution in [0.1, 0.15) is 12.8 Å². The average Bonchev–Trinajstić information content (AvgIpc) is 2.82. The average molecular weight is 285 g/mol. The molecule has 0 spiro atoms. The molecule has 2 rings (SSSR count). The standard InChI is InChI=1S/C10H15N5O3S/c1-11-10-12-5-8(6-13-10)19(17,18)14-4-7-2-3-9(16)15-7/h5-7,14H,2-4H2,1H3,(H,15,16)(H,11,12,13). The maximum absolute atomic E-state index is 11.9. The maximum Gasteiger partial charge on any atom is 0.243 e. The van der Waals surface area contributed by atoms with E-state index in [1.54, 1.807) is 7.05 Å². The summed E-state index contributed by atoms with van der Waals surface area (Å²) < 4.78 is 26.3. The van der Waals surface area contributed by atoms with Crippen LogP contribution in [-0.4, -0.2) is 43.9 Å². The fourth-order valence-corrected chi connectivity index (χ4v) is 2.68. The maximum atomic E-state index is 11.9. The molecule has 0 aromatic carbocycles. The van der Waals surface area contributed by atoms with E-state index in [4.69, 9.17) is 0 Å². The van der Waals surface area contributed by atoms with Crippen molar-refractivity contribution in [3.63, 3.8) is 0 Å². The number of aromatic nitrogens is 2. The zero-order valence-electron chi connectivity index (χ0n) is 10.4. The number of hydrogen-bond acceptors (Lipinski definition) is 6. The van der Waals surface area contributed by atoms with Gasteiger partial charge in [-0.2, -0.15) is 0 Å². The van der Waals surface area contributed by atoms with E-state index in [0.717, 1.165) is 0 Å². The number of carbonyl (C=O) groups excluding carboxylic acids is 1. The normalized spacial score (nSPS) is 19.2. The van der Waals surface area contributed by atoms with Crippen LogP contribution in [0, 0.1) is 0 Å². The van der Waals surface area contributed by atoms with Crippen molar-refractivity contribution >= 4 is 21.9 Å². The molecule has 1 saturated heterocycles. The minimum atomic E-state index is -3.64. The Labute approximate surface area is 111 Å². The van der Waals surface area contributed by atoms with Crippen LogP contribution in [0.2, 0.25) is 0 Å². The van der Waals surface area contributed by atoms with E-state index in [1.165, 1.54) is 12.4 Å². The summed E-state index contributed by atoms with van der Waals surface area (Å²) in [6.45, 7) is 0.169. The second kappa shape index (κ2) is 5.49. The first-order chi connectivity index (χ1) is 9.01. The molecule has 2 heterocycles. The van der Waals surface area contributed by atoms with Gasteiger partial charge in [0.1, 0.15) is 4.90 Å². The van der Waals surface area contributed by atoms with Gasteiger partial charge in [-0.3, -0.25) is 4.79 Å². The van der Waals surface area contributed by atoms with Crippen molar-refractivity contribution in [1.29, 1.82) is 0 Å². The van der Waals surface area contributed by atoms with Crippen molar-refractivity contribution in [2.45, 2.75) is 23.8 Å². The number of nitrogens with one attached hydrogen (secondary N) is 3. The minimum absolute atomic E-state index is 0.00387. The third-order valence-corrected chi connectivity index (χ3v) is 4.14. The molecule has 0 saturated carbocycles. The van der Waals surface area contributed by atoms with E-state index in [9.17, 15) is 13.2 Å². The Morgan fingerprint density at radius 3 is 2.63 bits per heavy atom. The molecule has 8 nitrogen and oxygen atoms in total. The molecule has 0 bridgehead atoms. The van der Waals surface area contributed by atoms with Crippen LogP contribution in [0.25, 0.3) is 0 Å². The van der Waals surface area contributed by atoms with Crippen LogP contribution >= 0.6 is 0 Å². The highest BCUT2D eigenvalue weighted by Gasteiger charge is 2.23. The Morgan fingerprint density at radius 2 is 2.11 bits per heavy atom. The fourth-order valence-electron chi connectivity index (χ4n) is 1.71. The number of carbonyl (C=O) groups is 1. The Hall–Kier alpha value is -1.74. The second-order valence-corrected chi connectivity index (χ2v) is 5.91. The van der Waals surface area contributed by atoms with Crippen LogP contribution in [0.3, 0.4) is 0 Å². The van der Waals surface area contributed by atoms with Crippen LogP contribution in [0.4, 0.5) is 5.95 Å². The van der Waals surface area contributed by atoms with E-state index in [1.807, 2.05) is 0 Å². The van der Waals surface area contributed by atoms with Crippen molar-refractivity contribution in [2.24, 2.45) is 0 Å². The molecule has 1 unspecified atom stereocenters. The summed E-state index contributed by atoms with van der Waals surface area (Å²) in [4.78, 5) is 18.7. The third kappa shape index (κ3) is 3.38. The van der Waals surface area contributed by atoms with E-state index in [2.05, 4.69) is 25.3 Å². The van der Waals surface area contributed by atoms with Crippen molar-refractivity contribution in [3.8, 4) is 0 Å². The molecular formula is C10H15N5O3S. The molecule has 1 atom stereocenters. The highest BCUT2D eigenvalue weighted by atomic mass is 32.2. The van der Waals surface area contributed by atoms with Crippen molar-refractivity contribution in [3.05, 3.63) is 12.4 Å². The monoisotopic (exact) mass is 285 g/mol. The van der Waals surface area contributed by atoms with Gasteiger partial charge >= 0.3 is 0 Å². The molecule has 104 valence electrons. The quantitative estimate of drug-likeness (QED) is 0.644. The smallest absolute Gasteiger partial charge is 0.243 e. The number of anilines is 1. The van der Waals surface area contributed by atoms with Gasteiger partial charge < -0.3 is 10.6 Å². The summed E-state index contributed by atoms with van der Waals surface area (Å²) in [5.41, 5.74) is 0. The predicted octanol–water partition coefficient (Wildman–Crippen LogP) is -0.925. The van der Waals surface area contributed by atoms with Gasteiger partial charge in [0, 0.05) is 26.1 Å². The SMILES string of the molecule is CNc1ncc(S(=O)(=O)NCC2CCC(=O)N2)cn1. The molecule has 1 aliphatic rings. The summed E-state index contributed by atoms with van der Waals surface area (Å²) in [7, 11) is -2.00. The molecule has 1 fully saturated rings. The van der Waals surface area contributed by atoms with Gasteiger partial charge in [-0.15, -0.1) is 0 Å². The number of amides is 1. The Bertz CT molecular complexity index is 557. The third-order valence-electron chi connectivity index (χ3n) is 2.77. The van der Waals surface area contributed by atoms with Crippen LogP contribution < -0.4 is 15.4 Å². The van der Waals surface area contributed by atoms with E-state index in [0.29, 0.717) is 18.8 Å². The molecule has 0 aliphatic carbocycles. The summed E-state index contributed by atoms with van der Waals surface area (Å²) >= 11 is 0. The molecule has 1 amide bonds. The van der Waals surface area contributed by atoms with Crippen molar-refractivity contribution in [2.75, 3.05) is 18.9 Å². The van der Waals surface area contributed by atoms with Crippen LogP contribution in [0.5, 0.6) is 0 Å². The Kier molecular flexibility index (Phi) is 3.96. The fraction of sp³-hybridized carbons (Fsp3) is 0.500. The molecule has 0 radical (unpaired) electrons. The van der Waals surface area contributed by atoms with E-state index >= 15 is 0 Å². The molecular weight excluding hydrogens is 270 g/mol. The van der Waals surface area contributed by atoms with Crippen molar-refractivity contribution < 1.29 is 13.2 Å². The lowest BCUT2D eigenvalue weighted by atomic mass is 10.2. The molecule has 3 N–H and O–H groups in total. The van der Waals surface area contributed by atoms with Gasteiger partial charge in [0.25, 0.3) is 0 Å². The zero-order chi connectivity index (χ0) is 13.9. The van der Waals surface area contributed by atoms with Gasteiger partial charge in [-0.05, 0) is 6.42 Å². The van der Waals surface area contributed by atoms with Gasteiger partial charge in [0.2, 0.25) is 21.9 Å². The first-order valence-corrected chi connectivity index (χ1v) is 7.28. The first kappa shape index (κ1) is 13.7. The van der Waals surface area contributed by atoms with Gasteiger partial charge in [0.15, 0.2) is 0 Å². The highest BCUT2D eigenvalue weighted by molar-refractivity contribution is 7.89. The van der Waals surface area contributed by atoms with E-state index < -0.39 is 10.0 Å². The number of nitrogens with zero attached hydrogens (tertiary/aromatic N) is 2. The number of rotatable bonds is 5. The Balaban J connectivity index is 1.99. The predicted molar refractivity (Wildman–Crippen MR) is 67.9 cm³/mol. The molecule has 9 heteroatoms. The lowest BCUT2D eigenvalue weighted by molar-refractivity contribution is -0.119. The molecule has 19 heavy (non-hydrogen) atoms. The Morgan fingerprint density at radius 1 is 1.42 bits per heavy atom. The molecule has 1 aromatic heterocycles. The van der Waals surface area contributed by atoms with Gasteiger partial charge in [-0.1, -0.05) is 0 Å². The van der Waals surface area contributed by atoms with Crippen LogP contribution in [-0.2, 0) is 14.8 Å². The topological polar surface area (TPSA) is 113 Å². The van der Waals surface area contributed by atoms with Gasteiger partial charge in [-0.25, -0.2) is 23.1 Å². The summed E-state index contributed by atoms with van der Waals surface area (Å²) in [5, 5.41) is 5.39. The summed E-state index contributed by atoms with van der Waals surface area (Å²) in [6.07, 6.45) is 3.53. The zero-order valence-corrected chi connectivity index (χ0v) is 11.2. The summed E-state index contributed by atoms with van der Waals surface area (Å²) in [6, 6.07) is -0.153. The molecule has 1 aliphatic heterocycles. The highest BCUT2D eigenvalue weighted by Crippen LogP contribution is 2.09. The minimum Gasteiger partial charge on any atom is -0.357 e. The van der Waals surface area contributed by atoms with E-state index in [-0.39, 0.29) is 23.4 Å². The number of hydrogen-bond donors (Lipinski definition) is 3. The first-order valence-electron chi connectivity index (χ1n) is 5.80. The van der Waals surface area contributed by atoms with Gasteiger partial charge in [0.05, 0.1) is 12.4 Å². The molecule has 1 aromatic rings. The largest absolute Gasteiger partial charge is 0.357 e. The lowest BCUT2D eigenvalue weighted by Crippen LogP contribution is -2.38. The lowest BCUT2D eigenvalue weighted by Gasteiger charge is -2.11. The summed E-state index contributed by atoms with van der Waals surface area (Å²) in [5.74, 6) is 0.299. The van der Waals surface area contributed by atoms with Crippen molar-refractivity contribution in [1.82, 2.24) is 20.0 Å².